The first-order valence-corrected chi connectivity index (χ1v) is 6.20. The molecule has 96 valence electrons. The minimum Gasteiger partial charge on any atom is -0.348 e. The van der Waals surface area contributed by atoms with Crippen LogP contribution in [0, 0.1) is 0 Å². The van der Waals surface area contributed by atoms with Crippen LogP contribution in [0.25, 0.3) is 11.0 Å². The monoisotopic (exact) mass is 267 g/mol. The third kappa shape index (κ3) is 2.09. The van der Waals surface area contributed by atoms with Gasteiger partial charge >= 0.3 is 0 Å². The molecule has 3 heterocycles. The van der Waals surface area contributed by atoms with Crippen LogP contribution in [0.4, 0.5) is 0 Å². The second-order valence-electron chi connectivity index (χ2n) is 4.82. The number of hydrogen-bond acceptors (Lipinski definition) is 4. The van der Waals surface area contributed by atoms with Crippen LogP contribution in [-0.2, 0) is 16.0 Å². The Morgan fingerprint density at radius 3 is 3.06 bits per heavy atom. The Labute approximate surface area is 110 Å². The summed E-state index contributed by atoms with van der Waals surface area (Å²) in [7, 11) is 0. The van der Waals surface area contributed by atoms with Gasteiger partial charge in [0, 0.05) is 6.20 Å². The second kappa shape index (κ2) is 4.19. The summed E-state index contributed by atoms with van der Waals surface area (Å²) in [6, 6.07) is 1.92. The van der Waals surface area contributed by atoms with E-state index in [1.807, 2.05) is 30.7 Å². The lowest BCUT2D eigenvalue weighted by Crippen LogP contribution is -2.24. The maximum absolute atomic E-state index is 6.01. The molecular formula is C12H14ClN3O2. The van der Waals surface area contributed by atoms with Crippen LogP contribution >= 0.6 is 11.6 Å². The van der Waals surface area contributed by atoms with Crippen LogP contribution in [-0.4, -0.2) is 33.0 Å². The summed E-state index contributed by atoms with van der Waals surface area (Å²) >= 11 is 6.01. The van der Waals surface area contributed by atoms with Gasteiger partial charge in [0.25, 0.3) is 0 Å². The highest BCUT2D eigenvalue weighted by molar-refractivity contribution is 6.33. The first-order valence-electron chi connectivity index (χ1n) is 5.82. The first-order chi connectivity index (χ1) is 8.55. The van der Waals surface area contributed by atoms with Crippen molar-refractivity contribution >= 4 is 22.6 Å². The highest BCUT2D eigenvalue weighted by Crippen LogP contribution is 2.25. The molecule has 1 aliphatic rings. The number of hydrogen-bond donors (Lipinski definition) is 0. The van der Waals surface area contributed by atoms with E-state index in [9.17, 15) is 0 Å². The normalized spacial score (nSPS) is 22.7. The van der Waals surface area contributed by atoms with Crippen molar-refractivity contribution in [2.45, 2.75) is 32.3 Å². The number of aromatic nitrogens is 3. The van der Waals surface area contributed by atoms with E-state index in [1.165, 1.54) is 6.33 Å². The van der Waals surface area contributed by atoms with Crippen LogP contribution in [0.5, 0.6) is 0 Å². The van der Waals surface area contributed by atoms with Crippen LogP contribution in [0.15, 0.2) is 18.6 Å². The van der Waals surface area contributed by atoms with Crippen LogP contribution in [0.3, 0.4) is 0 Å². The zero-order valence-corrected chi connectivity index (χ0v) is 11.0. The molecule has 18 heavy (non-hydrogen) atoms. The van der Waals surface area contributed by atoms with Gasteiger partial charge in [0.1, 0.15) is 23.2 Å². The van der Waals surface area contributed by atoms with Gasteiger partial charge in [-0.15, -0.1) is 0 Å². The topological polar surface area (TPSA) is 49.2 Å². The van der Waals surface area contributed by atoms with E-state index in [4.69, 9.17) is 21.1 Å². The Bertz CT molecular complexity index is 582. The van der Waals surface area contributed by atoms with Gasteiger partial charge < -0.3 is 14.0 Å². The molecule has 0 amide bonds. The van der Waals surface area contributed by atoms with E-state index in [-0.39, 0.29) is 6.10 Å². The van der Waals surface area contributed by atoms with E-state index in [2.05, 4.69) is 9.97 Å². The quantitative estimate of drug-likeness (QED) is 0.783. The third-order valence-corrected chi connectivity index (χ3v) is 3.28. The second-order valence-corrected chi connectivity index (χ2v) is 5.18. The Hall–Kier alpha value is -1.17. The van der Waals surface area contributed by atoms with Crippen molar-refractivity contribution in [2.24, 2.45) is 0 Å². The van der Waals surface area contributed by atoms with Crippen molar-refractivity contribution in [2.75, 3.05) is 6.61 Å². The molecule has 1 saturated heterocycles. The number of nitrogens with zero attached hydrogens (tertiary/aromatic N) is 3. The zero-order chi connectivity index (χ0) is 12.8. The summed E-state index contributed by atoms with van der Waals surface area (Å²) in [6.07, 6.45) is 3.45. The molecule has 6 heteroatoms. The third-order valence-electron chi connectivity index (χ3n) is 2.98. The molecule has 0 aliphatic carbocycles. The Morgan fingerprint density at radius 2 is 2.33 bits per heavy atom. The molecule has 0 radical (unpaired) electrons. The van der Waals surface area contributed by atoms with Crippen molar-refractivity contribution in [3.63, 3.8) is 0 Å². The first kappa shape index (κ1) is 11.9. The molecule has 2 aromatic heterocycles. The highest BCUT2D eigenvalue weighted by Gasteiger charge is 2.32. The lowest BCUT2D eigenvalue weighted by molar-refractivity contribution is -0.139. The molecule has 5 nitrogen and oxygen atoms in total. The van der Waals surface area contributed by atoms with Crippen LogP contribution in [0.1, 0.15) is 13.8 Å². The molecule has 0 N–H and O–H groups in total. The van der Waals surface area contributed by atoms with E-state index >= 15 is 0 Å². The van der Waals surface area contributed by atoms with Gasteiger partial charge in [-0.3, -0.25) is 0 Å². The Balaban J connectivity index is 1.86. The Kier molecular flexibility index (Phi) is 2.77. The summed E-state index contributed by atoms with van der Waals surface area (Å²) in [5.74, 6) is -0.500. The molecule has 1 fully saturated rings. The zero-order valence-electron chi connectivity index (χ0n) is 10.3. The van der Waals surface area contributed by atoms with Crippen molar-refractivity contribution in [3.8, 4) is 0 Å². The molecule has 0 saturated carbocycles. The van der Waals surface area contributed by atoms with Crippen molar-refractivity contribution < 1.29 is 9.47 Å². The lowest BCUT2D eigenvalue weighted by atomic mass is 10.3. The molecular weight excluding hydrogens is 254 g/mol. The van der Waals surface area contributed by atoms with Crippen molar-refractivity contribution in [1.29, 1.82) is 0 Å². The van der Waals surface area contributed by atoms with Gasteiger partial charge in [-0.05, 0) is 19.9 Å². The molecule has 0 spiro atoms. The molecule has 1 unspecified atom stereocenters. The summed E-state index contributed by atoms with van der Waals surface area (Å²) < 4.78 is 13.3. The van der Waals surface area contributed by atoms with Gasteiger partial charge in [-0.2, -0.15) is 0 Å². The minimum atomic E-state index is -0.500. The summed E-state index contributed by atoms with van der Waals surface area (Å²) in [4.78, 5) is 8.21. The SMILES string of the molecule is CC1(C)OCC(Cn2ccc3c(Cl)ncnc32)O1. The predicted molar refractivity (Wildman–Crippen MR) is 67.4 cm³/mol. The average molecular weight is 268 g/mol. The largest absolute Gasteiger partial charge is 0.348 e. The van der Waals surface area contributed by atoms with Crippen molar-refractivity contribution in [3.05, 3.63) is 23.7 Å². The van der Waals surface area contributed by atoms with E-state index in [0.717, 1.165) is 11.0 Å². The van der Waals surface area contributed by atoms with Gasteiger partial charge in [0.15, 0.2) is 5.79 Å². The number of ether oxygens (including phenoxy) is 2. The van der Waals surface area contributed by atoms with E-state index < -0.39 is 5.79 Å². The number of fused-ring (bicyclic) bond motifs is 1. The van der Waals surface area contributed by atoms with Gasteiger partial charge in [0.05, 0.1) is 18.5 Å². The lowest BCUT2D eigenvalue weighted by Gasteiger charge is -2.17. The fourth-order valence-electron chi connectivity index (χ4n) is 2.19. The summed E-state index contributed by atoms with van der Waals surface area (Å²) in [5, 5.41) is 1.33. The molecule has 1 atom stereocenters. The molecule has 0 bridgehead atoms. The van der Waals surface area contributed by atoms with E-state index in [0.29, 0.717) is 18.3 Å². The van der Waals surface area contributed by atoms with Crippen LogP contribution in [0.2, 0.25) is 5.15 Å². The smallest absolute Gasteiger partial charge is 0.163 e. The molecule has 3 rings (SSSR count). The van der Waals surface area contributed by atoms with Gasteiger partial charge in [-0.1, -0.05) is 11.6 Å². The van der Waals surface area contributed by atoms with Crippen LogP contribution < -0.4 is 0 Å². The predicted octanol–water partition coefficient (Wildman–Crippen LogP) is 2.24. The number of rotatable bonds is 2. The standard InChI is InChI=1S/C12H14ClN3O2/c1-12(2)17-6-8(18-12)5-16-4-3-9-10(13)14-7-15-11(9)16/h3-4,7-8H,5-6H2,1-2H3. The minimum absolute atomic E-state index is 0.0318. The average Bonchev–Trinajstić information content (AvgIpc) is 2.85. The fourth-order valence-corrected chi connectivity index (χ4v) is 2.38. The molecule has 0 aromatic carbocycles. The number of halogens is 1. The van der Waals surface area contributed by atoms with Crippen molar-refractivity contribution in [1.82, 2.24) is 14.5 Å². The molecule has 2 aromatic rings. The van der Waals surface area contributed by atoms with Gasteiger partial charge in [-0.25, -0.2) is 9.97 Å². The highest BCUT2D eigenvalue weighted by atomic mass is 35.5. The molecule has 1 aliphatic heterocycles. The maximum atomic E-state index is 6.01. The van der Waals surface area contributed by atoms with E-state index in [1.54, 1.807) is 0 Å². The summed E-state index contributed by atoms with van der Waals surface area (Å²) in [5.41, 5.74) is 0.823. The fraction of sp³-hybridized carbons (Fsp3) is 0.500. The van der Waals surface area contributed by atoms with Gasteiger partial charge in [0.2, 0.25) is 0 Å². The maximum Gasteiger partial charge on any atom is 0.163 e. The summed E-state index contributed by atoms with van der Waals surface area (Å²) in [6.45, 7) is 5.12. The Morgan fingerprint density at radius 1 is 1.50 bits per heavy atom.